The lowest BCUT2D eigenvalue weighted by Crippen LogP contribution is -2.42. The van der Waals surface area contributed by atoms with Gasteiger partial charge in [0.05, 0.1) is 24.8 Å². The van der Waals surface area contributed by atoms with Crippen molar-refractivity contribution in [2.24, 2.45) is 17.8 Å². The first-order valence-electron chi connectivity index (χ1n) is 11.4. The number of nitrogens with one attached hydrogen (secondary N) is 1. The number of carbonyl (C=O) groups is 1. The van der Waals surface area contributed by atoms with Crippen molar-refractivity contribution in [2.45, 2.75) is 25.7 Å². The summed E-state index contributed by atoms with van der Waals surface area (Å²) in [5.41, 5.74) is 0.647. The molecule has 0 saturated carbocycles. The van der Waals surface area contributed by atoms with Crippen LogP contribution in [0.3, 0.4) is 0 Å². The standard InChI is InChI=1S/C25H31N3O3/c26-16-19-3-7-23(8-4-19)31-18-21-17-27-12-11-24(21)20-5-9-22(10-6-20)30-15-14-28-13-1-2-25(28)29/h3-5,7-10,20-21,24,27H,1-2,6,11-15,17-18H2/t20?,21-,24-/m1/s1. The van der Waals surface area contributed by atoms with Crippen molar-refractivity contribution in [1.82, 2.24) is 10.2 Å². The molecule has 0 radical (unpaired) electrons. The van der Waals surface area contributed by atoms with Gasteiger partial charge in [-0.15, -0.1) is 0 Å². The molecule has 2 fully saturated rings. The molecule has 1 amide bonds. The van der Waals surface area contributed by atoms with Crippen molar-refractivity contribution >= 4 is 5.91 Å². The molecule has 4 rings (SSSR count). The van der Waals surface area contributed by atoms with Gasteiger partial charge in [-0.25, -0.2) is 0 Å². The van der Waals surface area contributed by atoms with Crippen LogP contribution in [0.1, 0.15) is 31.2 Å². The second-order valence-electron chi connectivity index (χ2n) is 8.56. The van der Waals surface area contributed by atoms with E-state index in [1.165, 1.54) is 0 Å². The van der Waals surface area contributed by atoms with Crippen LogP contribution in [-0.2, 0) is 9.53 Å². The maximum absolute atomic E-state index is 11.7. The molecule has 1 unspecified atom stereocenters. The highest BCUT2D eigenvalue weighted by atomic mass is 16.5. The van der Waals surface area contributed by atoms with E-state index < -0.39 is 0 Å². The first-order valence-corrected chi connectivity index (χ1v) is 11.4. The highest BCUT2D eigenvalue weighted by Crippen LogP contribution is 2.34. The number of amides is 1. The second-order valence-corrected chi connectivity index (χ2v) is 8.56. The van der Waals surface area contributed by atoms with Gasteiger partial charge in [0.2, 0.25) is 5.91 Å². The van der Waals surface area contributed by atoms with Gasteiger partial charge < -0.3 is 19.7 Å². The predicted octanol–water partition coefficient (Wildman–Crippen LogP) is 3.26. The maximum atomic E-state index is 11.7. The maximum Gasteiger partial charge on any atom is 0.222 e. The van der Waals surface area contributed by atoms with Gasteiger partial charge in [-0.3, -0.25) is 4.79 Å². The number of likely N-dealkylation sites (tertiary alicyclic amines) is 1. The molecule has 1 aliphatic carbocycles. The van der Waals surface area contributed by atoms with Crippen molar-refractivity contribution in [1.29, 1.82) is 5.26 Å². The number of piperidine rings is 1. The molecular weight excluding hydrogens is 390 g/mol. The Morgan fingerprint density at radius 2 is 2.10 bits per heavy atom. The van der Waals surface area contributed by atoms with E-state index >= 15 is 0 Å². The number of hydrogen-bond donors (Lipinski definition) is 1. The van der Waals surface area contributed by atoms with Crippen molar-refractivity contribution in [2.75, 3.05) is 39.4 Å². The molecule has 0 spiro atoms. The van der Waals surface area contributed by atoms with Gasteiger partial charge >= 0.3 is 0 Å². The predicted molar refractivity (Wildman–Crippen MR) is 118 cm³/mol. The summed E-state index contributed by atoms with van der Waals surface area (Å²) in [5.74, 6) is 3.48. The summed E-state index contributed by atoms with van der Waals surface area (Å²) in [7, 11) is 0. The van der Waals surface area contributed by atoms with Crippen molar-refractivity contribution in [3.63, 3.8) is 0 Å². The molecule has 3 atom stereocenters. The Morgan fingerprint density at radius 1 is 1.23 bits per heavy atom. The normalized spacial score (nSPS) is 25.8. The van der Waals surface area contributed by atoms with E-state index in [-0.39, 0.29) is 5.91 Å². The van der Waals surface area contributed by atoms with Gasteiger partial charge in [0, 0.05) is 25.4 Å². The van der Waals surface area contributed by atoms with Crippen molar-refractivity contribution < 1.29 is 14.3 Å². The molecule has 1 aromatic carbocycles. The topological polar surface area (TPSA) is 74.6 Å². The lowest BCUT2D eigenvalue weighted by atomic mass is 9.75. The molecular formula is C25H31N3O3. The van der Waals surface area contributed by atoms with E-state index in [1.54, 1.807) is 12.1 Å². The van der Waals surface area contributed by atoms with Gasteiger partial charge in [0.25, 0.3) is 0 Å². The van der Waals surface area contributed by atoms with E-state index in [4.69, 9.17) is 14.7 Å². The first-order chi connectivity index (χ1) is 15.2. The quantitative estimate of drug-likeness (QED) is 0.697. The molecule has 2 saturated heterocycles. The molecule has 3 aliphatic rings. The minimum Gasteiger partial charge on any atom is -0.493 e. The lowest BCUT2D eigenvalue weighted by molar-refractivity contribution is -0.128. The summed E-state index contributed by atoms with van der Waals surface area (Å²) in [6.07, 6.45) is 10.3. The van der Waals surface area contributed by atoms with Crippen LogP contribution in [0.5, 0.6) is 5.75 Å². The molecule has 6 heteroatoms. The van der Waals surface area contributed by atoms with E-state index in [0.717, 1.165) is 50.4 Å². The Balaban J connectivity index is 1.25. The Hall–Kier alpha value is -2.78. The van der Waals surface area contributed by atoms with Crippen LogP contribution in [0.25, 0.3) is 0 Å². The molecule has 2 aliphatic heterocycles. The molecule has 0 bridgehead atoms. The highest BCUT2D eigenvalue weighted by molar-refractivity contribution is 5.78. The van der Waals surface area contributed by atoms with Crippen LogP contribution in [0.4, 0.5) is 0 Å². The van der Waals surface area contributed by atoms with Gasteiger partial charge in [0.15, 0.2) is 0 Å². The van der Waals surface area contributed by atoms with E-state index in [1.807, 2.05) is 17.0 Å². The van der Waals surface area contributed by atoms with Gasteiger partial charge in [-0.05, 0) is 74.1 Å². The van der Waals surface area contributed by atoms with Crippen LogP contribution >= 0.6 is 0 Å². The van der Waals surface area contributed by atoms with Crippen LogP contribution < -0.4 is 10.1 Å². The average molecular weight is 422 g/mol. The molecule has 1 N–H and O–H groups in total. The number of rotatable bonds is 8. The third-order valence-corrected chi connectivity index (χ3v) is 6.56. The molecule has 31 heavy (non-hydrogen) atoms. The molecule has 0 aromatic heterocycles. The Labute approximate surface area is 184 Å². The van der Waals surface area contributed by atoms with Crippen LogP contribution in [0.15, 0.2) is 48.3 Å². The summed E-state index contributed by atoms with van der Waals surface area (Å²) in [5, 5.41) is 12.4. The van der Waals surface area contributed by atoms with Gasteiger partial charge in [-0.2, -0.15) is 5.26 Å². The summed E-state index contributed by atoms with van der Waals surface area (Å²) in [4.78, 5) is 13.6. The Kier molecular flexibility index (Phi) is 7.26. The SMILES string of the molecule is N#Cc1ccc(OC[C@H]2CNCC[C@@H]2C2C=CC(OCCN3CCCC3=O)=CC2)cc1. The first kappa shape index (κ1) is 21.5. The van der Waals surface area contributed by atoms with E-state index in [2.05, 4.69) is 29.6 Å². The second kappa shape index (κ2) is 10.5. The fourth-order valence-electron chi connectivity index (χ4n) is 4.77. The van der Waals surface area contributed by atoms with Crippen LogP contribution in [0.2, 0.25) is 0 Å². The fraction of sp³-hybridized carbons (Fsp3) is 0.520. The van der Waals surface area contributed by atoms with E-state index in [0.29, 0.717) is 49.5 Å². The average Bonchev–Trinajstić information content (AvgIpc) is 3.23. The zero-order chi connectivity index (χ0) is 21.5. The van der Waals surface area contributed by atoms with Crippen LogP contribution in [-0.4, -0.2) is 50.2 Å². The number of carbonyl (C=O) groups excluding carboxylic acids is 1. The minimum absolute atomic E-state index is 0.247. The molecule has 2 heterocycles. The third kappa shape index (κ3) is 5.68. The number of nitrogens with zero attached hydrogens (tertiary/aromatic N) is 2. The number of nitriles is 1. The van der Waals surface area contributed by atoms with Gasteiger partial charge in [0.1, 0.15) is 18.1 Å². The Bertz CT molecular complexity index is 856. The molecule has 6 nitrogen and oxygen atoms in total. The number of ether oxygens (including phenoxy) is 2. The largest absolute Gasteiger partial charge is 0.493 e. The zero-order valence-corrected chi connectivity index (χ0v) is 18.0. The summed E-state index contributed by atoms with van der Waals surface area (Å²) in [6.45, 7) is 4.77. The summed E-state index contributed by atoms with van der Waals surface area (Å²) in [6, 6.07) is 9.46. The smallest absolute Gasteiger partial charge is 0.222 e. The van der Waals surface area contributed by atoms with Crippen LogP contribution in [0, 0.1) is 29.1 Å². The van der Waals surface area contributed by atoms with Crippen molar-refractivity contribution in [3.05, 3.63) is 53.8 Å². The monoisotopic (exact) mass is 421 g/mol. The van der Waals surface area contributed by atoms with Crippen molar-refractivity contribution in [3.8, 4) is 11.8 Å². The lowest BCUT2D eigenvalue weighted by Gasteiger charge is -2.37. The number of hydrogen-bond acceptors (Lipinski definition) is 5. The number of allylic oxidation sites excluding steroid dienone is 3. The number of benzene rings is 1. The third-order valence-electron chi connectivity index (χ3n) is 6.56. The highest BCUT2D eigenvalue weighted by Gasteiger charge is 2.31. The summed E-state index contributed by atoms with van der Waals surface area (Å²) >= 11 is 0. The summed E-state index contributed by atoms with van der Waals surface area (Å²) < 4.78 is 12.0. The molecule has 164 valence electrons. The molecule has 1 aromatic rings. The zero-order valence-electron chi connectivity index (χ0n) is 18.0. The van der Waals surface area contributed by atoms with E-state index in [9.17, 15) is 4.79 Å². The fourth-order valence-corrected chi connectivity index (χ4v) is 4.77. The Morgan fingerprint density at radius 3 is 2.81 bits per heavy atom. The minimum atomic E-state index is 0.247. The van der Waals surface area contributed by atoms with Gasteiger partial charge in [-0.1, -0.05) is 6.08 Å².